The predicted molar refractivity (Wildman–Crippen MR) is 70.3 cm³/mol. The molecule has 1 N–H and O–H groups in total. The minimum absolute atomic E-state index is 0.0290. The highest BCUT2D eigenvalue weighted by molar-refractivity contribution is 5.88. The Bertz CT molecular complexity index is 312. The predicted octanol–water partition coefficient (Wildman–Crippen LogP) is 2.67. The maximum absolute atomic E-state index is 12.5. The summed E-state index contributed by atoms with van der Waals surface area (Å²) in [5.41, 5.74) is -0.936. The van der Waals surface area contributed by atoms with E-state index in [0.29, 0.717) is 19.4 Å². The highest BCUT2D eigenvalue weighted by Crippen LogP contribution is 2.35. The summed E-state index contributed by atoms with van der Waals surface area (Å²) >= 11 is 0. The van der Waals surface area contributed by atoms with E-state index in [1.54, 1.807) is 4.90 Å². The van der Waals surface area contributed by atoms with Gasteiger partial charge in [-0.2, -0.15) is 0 Å². The number of likely N-dealkylation sites (tertiary alicyclic amines) is 1. The van der Waals surface area contributed by atoms with E-state index in [4.69, 9.17) is 0 Å². The van der Waals surface area contributed by atoms with Crippen molar-refractivity contribution in [1.82, 2.24) is 4.90 Å². The lowest BCUT2D eigenvalue weighted by molar-refractivity contribution is -0.159. The number of carboxylic acid groups (broad SMARTS) is 1. The highest BCUT2D eigenvalue weighted by Gasteiger charge is 2.49. The summed E-state index contributed by atoms with van der Waals surface area (Å²) in [6, 6.07) is 0. The molecule has 1 amide bonds. The maximum Gasteiger partial charge on any atom is 0.329 e. The molecule has 1 heterocycles. The van der Waals surface area contributed by atoms with Crippen LogP contribution in [0, 0.1) is 5.92 Å². The third-order valence-electron chi connectivity index (χ3n) is 4.15. The molecule has 4 heteroatoms. The number of aliphatic carboxylic acids is 1. The Labute approximate surface area is 109 Å². The number of carboxylic acids is 1. The van der Waals surface area contributed by atoms with Gasteiger partial charge in [0.25, 0.3) is 0 Å². The quantitative estimate of drug-likeness (QED) is 0.793. The Morgan fingerprint density at radius 2 is 1.89 bits per heavy atom. The van der Waals surface area contributed by atoms with Crippen molar-refractivity contribution in [3.63, 3.8) is 0 Å². The van der Waals surface area contributed by atoms with Crippen LogP contribution in [0.2, 0.25) is 0 Å². The molecule has 1 saturated heterocycles. The lowest BCUT2D eigenvalue weighted by atomic mass is 9.89. The SMILES string of the molecule is CCCC1(C(=O)O)CCCN1C(=O)C(CC)CC. The summed E-state index contributed by atoms with van der Waals surface area (Å²) in [5, 5.41) is 9.55. The molecule has 1 atom stereocenters. The van der Waals surface area contributed by atoms with Crippen molar-refractivity contribution in [3.05, 3.63) is 0 Å². The number of carbonyl (C=O) groups is 2. The van der Waals surface area contributed by atoms with Crippen molar-refractivity contribution < 1.29 is 14.7 Å². The fourth-order valence-corrected chi connectivity index (χ4v) is 3.06. The zero-order valence-corrected chi connectivity index (χ0v) is 11.7. The van der Waals surface area contributed by atoms with Gasteiger partial charge in [0.2, 0.25) is 5.91 Å². The van der Waals surface area contributed by atoms with Crippen molar-refractivity contribution in [3.8, 4) is 0 Å². The Kier molecular flexibility index (Phi) is 5.17. The average Bonchev–Trinajstić information content (AvgIpc) is 2.76. The van der Waals surface area contributed by atoms with Crippen molar-refractivity contribution in [2.75, 3.05) is 6.54 Å². The molecule has 0 radical (unpaired) electrons. The summed E-state index contributed by atoms with van der Waals surface area (Å²) in [6.45, 7) is 6.55. The van der Waals surface area contributed by atoms with Gasteiger partial charge in [0, 0.05) is 12.5 Å². The first-order valence-corrected chi connectivity index (χ1v) is 7.08. The van der Waals surface area contributed by atoms with Gasteiger partial charge < -0.3 is 10.0 Å². The molecule has 1 aliphatic heterocycles. The number of nitrogens with zero attached hydrogens (tertiary/aromatic N) is 1. The minimum atomic E-state index is -0.936. The van der Waals surface area contributed by atoms with Crippen LogP contribution in [0.4, 0.5) is 0 Å². The third-order valence-corrected chi connectivity index (χ3v) is 4.15. The van der Waals surface area contributed by atoms with Gasteiger partial charge in [-0.15, -0.1) is 0 Å². The van der Waals surface area contributed by atoms with Crippen LogP contribution in [0.15, 0.2) is 0 Å². The molecule has 0 saturated carbocycles. The van der Waals surface area contributed by atoms with Gasteiger partial charge in [0.05, 0.1) is 0 Å². The van der Waals surface area contributed by atoms with Gasteiger partial charge in [-0.1, -0.05) is 27.2 Å². The lowest BCUT2D eigenvalue weighted by Crippen LogP contribution is -2.54. The number of carbonyl (C=O) groups excluding carboxylic acids is 1. The minimum Gasteiger partial charge on any atom is -0.479 e. The number of rotatable bonds is 6. The molecule has 1 unspecified atom stereocenters. The summed E-state index contributed by atoms with van der Waals surface area (Å²) in [5.74, 6) is -0.826. The van der Waals surface area contributed by atoms with Crippen LogP contribution < -0.4 is 0 Å². The standard InChI is InChI=1S/C14H25NO3/c1-4-8-14(13(17)18)9-7-10-15(14)12(16)11(5-2)6-3/h11H,4-10H2,1-3H3,(H,17,18). The topological polar surface area (TPSA) is 57.6 Å². The molecule has 0 aliphatic carbocycles. The summed E-state index contributed by atoms with van der Waals surface area (Å²) in [7, 11) is 0. The second-order valence-corrected chi connectivity index (χ2v) is 5.19. The second-order valence-electron chi connectivity index (χ2n) is 5.19. The van der Waals surface area contributed by atoms with Crippen LogP contribution in [0.25, 0.3) is 0 Å². The largest absolute Gasteiger partial charge is 0.479 e. The fourth-order valence-electron chi connectivity index (χ4n) is 3.06. The van der Waals surface area contributed by atoms with Crippen LogP contribution in [-0.4, -0.2) is 34.0 Å². The Morgan fingerprint density at radius 3 is 2.33 bits per heavy atom. The maximum atomic E-state index is 12.5. The van der Waals surface area contributed by atoms with Gasteiger partial charge in [0.1, 0.15) is 5.54 Å². The first kappa shape index (κ1) is 15.0. The van der Waals surface area contributed by atoms with E-state index in [9.17, 15) is 14.7 Å². The van der Waals surface area contributed by atoms with Gasteiger partial charge in [-0.05, 0) is 32.1 Å². The van der Waals surface area contributed by atoms with Crippen molar-refractivity contribution in [2.24, 2.45) is 5.92 Å². The molecule has 0 aromatic rings. The average molecular weight is 255 g/mol. The molecular weight excluding hydrogens is 230 g/mol. The molecule has 1 aliphatic rings. The van der Waals surface area contributed by atoms with Crippen LogP contribution in [-0.2, 0) is 9.59 Å². The fraction of sp³-hybridized carbons (Fsp3) is 0.857. The van der Waals surface area contributed by atoms with E-state index in [1.165, 1.54) is 0 Å². The Balaban J connectivity index is 2.98. The first-order chi connectivity index (χ1) is 8.53. The normalized spacial score (nSPS) is 23.7. The van der Waals surface area contributed by atoms with Crippen molar-refractivity contribution >= 4 is 11.9 Å². The molecule has 0 aromatic carbocycles. The molecule has 104 valence electrons. The van der Waals surface area contributed by atoms with E-state index < -0.39 is 11.5 Å². The van der Waals surface area contributed by atoms with Crippen molar-refractivity contribution in [2.45, 2.75) is 64.8 Å². The van der Waals surface area contributed by atoms with Crippen LogP contribution >= 0.6 is 0 Å². The summed E-state index contributed by atoms with van der Waals surface area (Å²) < 4.78 is 0. The zero-order valence-electron chi connectivity index (χ0n) is 11.7. The van der Waals surface area contributed by atoms with E-state index in [-0.39, 0.29) is 11.8 Å². The lowest BCUT2D eigenvalue weighted by Gasteiger charge is -2.36. The van der Waals surface area contributed by atoms with Crippen LogP contribution in [0.5, 0.6) is 0 Å². The van der Waals surface area contributed by atoms with Crippen LogP contribution in [0.3, 0.4) is 0 Å². The van der Waals surface area contributed by atoms with Gasteiger partial charge in [-0.25, -0.2) is 4.79 Å². The molecule has 0 bridgehead atoms. The zero-order chi connectivity index (χ0) is 13.8. The Morgan fingerprint density at radius 1 is 1.28 bits per heavy atom. The number of hydrogen-bond acceptors (Lipinski definition) is 2. The Hall–Kier alpha value is -1.06. The van der Waals surface area contributed by atoms with E-state index in [1.807, 2.05) is 20.8 Å². The highest BCUT2D eigenvalue weighted by atomic mass is 16.4. The second kappa shape index (κ2) is 6.21. The first-order valence-electron chi connectivity index (χ1n) is 7.08. The number of hydrogen-bond donors (Lipinski definition) is 1. The smallest absolute Gasteiger partial charge is 0.329 e. The van der Waals surface area contributed by atoms with E-state index in [0.717, 1.165) is 25.7 Å². The molecule has 0 spiro atoms. The van der Waals surface area contributed by atoms with E-state index >= 15 is 0 Å². The van der Waals surface area contributed by atoms with Crippen molar-refractivity contribution in [1.29, 1.82) is 0 Å². The van der Waals surface area contributed by atoms with Gasteiger partial charge in [-0.3, -0.25) is 4.79 Å². The third kappa shape index (κ3) is 2.52. The van der Waals surface area contributed by atoms with Crippen LogP contribution in [0.1, 0.15) is 59.3 Å². The monoisotopic (exact) mass is 255 g/mol. The molecule has 0 aromatic heterocycles. The molecular formula is C14H25NO3. The molecule has 18 heavy (non-hydrogen) atoms. The molecule has 1 rings (SSSR count). The van der Waals surface area contributed by atoms with Gasteiger partial charge in [0.15, 0.2) is 0 Å². The molecule has 1 fully saturated rings. The van der Waals surface area contributed by atoms with E-state index in [2.05, 4.69) is 0 Å². The molecule has 4 nitrogen and oxygen atoms in total. The number of amides is 1. The summed E-state index contributed by atoms with van der Waals surface area (Å²) in [6.07, 6.45) is 4.33. The van der Waals surface area contributed by atoms with Gasteiger partial charge >= 0.3 is 5.97 Å². The summed E-state index contributed by atoms with van der Waals surface area (Å²) in [4.78, 5) is 25.7.